The number of hydrogen-bond acceptors (Lipinski definition) is 2. The summed E-state index contributed by atoms with van der Waals surface area (Å²) in [6, 6.07) is 18.0. The van der Waals surface area contributed by atoms with Gasteiger partial charge in [0.15, 0.2) is 0 Å². The van der Waals surface area contributed by atoms with Crippen molar-refractivity contribution in [2.75, 3.05) is 37.6 Å². The number of para-hydroxylation sites is 1. The molecule has 2 aromatic rings. The van der Waals surface area contributed by atoms with Crippen molar-refractivity contribution in [3.8, 4) is 0 Å². The van der Waals surface area contributed by atoms with Crippen molar-refractivity contribution < 1.29 is 0 Å². The molecule has 1 heterocycles. The molecule has 0 unspecified atom stereocenters. The van der Waals surface area contributed by atoms with Gasteiger partial charge in [-0.1, -0.05) is 36.4 Å². The number of rotatable bonds is 5. The van der Waals surface area contributed by atoms with E-state index in [2.05, 4.69) is 58.3 Å². The molecule has 2 nitrogen and oxygen atoms in total. The van der Waals surface area contributed by atoms with E-state index in [0.717, 1.165) is 13.1 Å². The Bertz CT molecular complexity index is 657. The van der Waals surface area contributed by atoms with E-state index in [-0.39, 0.29) is 0 Å². The third-order valence-corrected chi connectivity index (χ3v) is 5.60. The molecule has 2 heteroatoms. The predicted octanol–water partition coefficient (Wildman–Crippen LogP) is 3.93. The zero-order valence-electron chi connectivity index (χ0n) is 14.6. The second-order valence-corrected chi connectivity index (χ2v) is 7.22. The second-order valence-electron chi connectivity index (χ2n) is 7.22. The van der Waals surface area contributed by atoms with Gasteiger partial charge in [0.05, 0.1) is 0 Å². The molecule has 1 aliphatic heterocycles. The Morgan fingerprint density at radius 3 is 2.42 bits per heavy atom. The first-order valence-electron chi connectivity index (χ1n) is 9.51. The lowest BCUT2D eigenvalue weighted by atomic mass is 10.0. The molecule has 2 aliphatic rings. The fraction of sp³-hybridized carbons (Fsp3) is 0.455. The zero-order valence-corrected chi connectivity index (χ0v) is 14.6. The molecule has 126 valence electrons. The quantitative estimate of drug-likeness (QED) is 0.823. The van der Waals surface area contributed by atoms with Crippen LogP contribution in [-0.2, 0) is 19.3 Å². The first-order valence-corrected chi connectivity index (χ1v) is 9.51. The van der Waals surface area contributed by atoms with Crippen LogP contribution < -0.4 is 4.90 Å². The van der Waals surface area contributed by atoms with E-state index >= 15 is 0 Å². The Balaban J connectivity index is 1.22. The molecule has 24 heavy (non-hydrogen) atoms. The smallest absolute Gasteiger partial charge is 0.0367 e. The summed E-state index contributed by atoms with van der Waals surface area (Å²) in [5.74, 6) is 0. The van der Waals surface area contributed by atoms with Gasteiger partial charge in [0, 0.05) is 31.9 Å². The molecule has 0 radical (unpaired) electrons. The van der Waals surface area contributed by atoms with E-state index in [1.807, 2.05) is 0 Å². The number of piperazine rings is 1. The molecular formula is C22H28N2. The third kappa shape index (κ3) is 3.64. The van der Waals surface area contributed by atoms with Crippen molar-refractivity contribution in [3.05, 3.63) is 65.2 Å². The Labute approximate surface area is 146 Å². The van der Waals surface area contributed by atoms with Gasteiger partial charge in [0.25, 0.3) is 0 Å². The minimum absolute atomic E-state index is 1.16. The van der Waals surface area contributed by atoms with Gasteiger partial charge in [-0.2, -0.15) is 0 Å². The zero-order chi connectivity index (χ0) is 16.2. The molecule has 0 saturated carbocycles. The Hall–Kier alpha value is -1.80. The fourth-order valence-corrected chi connectivity index (χ4v) is 4.16. The lowest BCUT2D eigenvalue weighted by Crippen LogP contribution is -2.46. The summed E-state index contributed by atoms with van der Waals surface area (Å²) in [5.41, 5.74) is 6.12. The molecule has 0 amide bonds. The fourth-order valence-electron chi connectivity index (χ4n) is 4.16. The number of nitrogens with zero attached hydrogens (tertiary/aromatic N) is 2. The van der Waals surface area contributed by atoms with Crippen LogP contribution in [0.2, 0.25) is 0 Å². The van der Waals surface area contributed by atoms with Crippen LogP contribution in [0.15, 0.2) is 48.5 Å². The van der Waals surface area contributed by atoms with Crippen LogP contribution in [0.5, 0.6) is 0 Å². The van der Waals surface area contributed by atoms with Crippen LogP contribution in [0.4, 0.5) is 5.69 Å². The van der Waals surface area contributed by atoms with Gasteiger partial charge in [0.1, 0.15) is 0 Å². The van der Waals surface area contributed by atoms with E-state index in [9.17, 15) is 0 Å². The van der Waals surface area contributed by atoms with Gasteiger partial charge in [-0.25, -0.2) is 0 Å². The van der Waals surface area contributed by atoms with Crippen LogP contribution in [0, 0.1) is 0 Å². The highest BCUT2D eigenvalue weighted by molar-refractivity contribution is 5.46. The maximum absolute atomic E-state index is 2.63. The Kier molecular flexibility index (Phi) is 4.84. The van der Waals surface area contributed by atoms with Crippen LogP contribution in [0.1, 0.15) is 29.5 Å². The molecule has 1 saturated heterocycles. The highest BCUT2D eigenvalue weighted by Gasteiger charge is 2.16. The standard InChI is InChI=1S/C22H28N2/c1-2-9-22(10-3-1)24-16-14-23(15-17-24)13-5-6-19-11-12-20-7-4-8-21(20)18-19/h1-3,9-12,18H,4-8,13-17H2. The molecule has 0 aromatic heterocycles. The molecule has 0 bridgehead atoms. The first-order chi connectivity index (χ1) is 11.9. The number of hydrogen-bond donors (Lipinski definition) is 0. The van der Waals surface area contributed by atoms with Gasteiger partial charge >= 0.3 is 0 Å². The summed E-state index contributed by atoms with van der Waals surface area (Å²) < 4.78 is 0. The number of aryl methyl sites for hydroxylation is 3. The van der Waals surface area contributed by atoms with Crippen LogP contribution in [0.3, 0.4) is 0 Å². The topological polar surface area (TPSA) is 6.48 Å². The first kappa shape index (κ1) is 15.7. The summed E-state index contributed by atoms with van der Waals surface area (Å²) in [6.07, 6.45) is 6.45. The highest BCUT2D eigenvalue weighted by atomic mass is 15.3. The van der Waals surface area contributed by atoms with E-state index in [0.29, 0.717) is 0 Å². The summed E-state index contributed by atoms with van der Waals surface area (Å²) in [4.78, 5) is 5.14. The Morgan fingerprint density at radius 2 is 1.58 bits per heavy atom. The lowest BCUT2D eigenvalue weighted by molar-refractivity contribution is 0.255. The number of benzene rings is 2. The molecular weight excluding hydrogens is 292 g/mol. The average molecular weight is 320 g/mol. The molecule has 1 aliphatic carbocycles. The van der Waals surface area contributed by atoms with Crippen molar-refractivity contribution in [3.63, 3.8) is 0 Å². The third-order valence-electron chi connectivity index (χ3n) is 5.60. The minimum atomic E-state index is 1.16. The maximum atomic E-state index is 2.63. The monoisotopic (exact) mass is 320 g/mol. The normalized spacial score (nSPS) is 17.9. The predicted molar refractivity (Wildman–Crippen MR) is 102 cm³/mol. The molecule has 2 aromatic carbocycles. The molecule has 0 atom stereocenters. The molecule has 1 fully saturated rings. The summed E-state index contributed by atoms with van der Waals surface area (Å²) in [7, 11) is 0. The largest absolute Gasteiger partial charge is 0.369 e. The Morgan fingerprint density at radius 1 is 0.792 bits per heavy atom. The van der Waals surface area contributed by atoms with E-state index in [4.69, 9.17) is 0 Å². The lowest BCUT2D eigenvalue weighted by Gasteiger charge is -2.36. The maximum Gasteiger partial charge on any atom is 0.0367 e. The minimum Gasteiger partial charge on any atom is -0.369 e. The van der Waals surface area contributed by atoms with E-state index < -0.39 is 0 Å². The van der Waals surface area contributed by atoms with Crippen molar-refractivity contribution in [1.82, 2.24) is 4.90 Å². The molecule has 0 N–H and O–H groups in total. The van der Waals surface area contributed by atoms with Crippen LogP contribution in [-0.4, -0.2) is 37.6 Å². The summed E-state index contributed by atoms with van der Waals surface area (Å²) >= 11 is 0. The summed E-state index contributed by atoms with van der Waals surface area (Å²) in [6.45, 7) is 5.93. The van der Waals surface area contributed by atoms with E-state index in [1.54, 1.807) is 16.7 Å². The highest BCUT2D eigenvalue weighted by Crippen LogP contribution is 2.23. The van der Waals surface area contributed by atoms with Gasteiger partial charge in [-0.3, -0.25) is 4.90 Å². The van der Waals surface area contributed by atoms with Crippen molar-refractivity contribution in [1.29, 1.82) is 0 Å². The average Bonchev–Trinajstić information content (AvgIpc) is 3.11. The SMILES string of the molecule is c1ccc(N2CCN(CCCc3ccc4c(c3)CCC4)CC2)cc1. The van der Waals surface area contributed by atoms with E-state index in [1.165, 1.54) is 57.4 Å². The second kappa shape index (κ2) is 7.40. The van der Waals surface area contributed by atoms with Crippen molar-refractivity contribution in [2.24, 2.45) is 0 Å². The molecule has 4 rings (SSSR count). The van der Waals surface area contributed by atoms with Gasteiger partial charge in [-0.05, 0) is 67.5 Å². The van der Waals surface area contributed by atoms with Crippen molar-refractivity contribution >= 4 is 5.69 Å². The van der Waals surface area contributed by atoms with Gasteiger partial charge < -0.3 is 4.90 Å². The number of anilines is 1. The van der Waals surface area contributed by atoms with Gasteiger partial charge in [-0.15, -0.1) is 0 Å². The number of fused-ring (bicyclic) bond motifs is 1. The van der Waals surface area contributed by atoms with Crippen LogP contribution >= 0.6 is 0 Å². The van der Waals surface area contributed by atoms with Crippen molar-refractivity contribution in [2.45, 2.75) is 32.1 Å². The van der Waals surface area contributed by atoms with Gasteiger partial charge in [0.2, 0.25) is 0 Å². The van der Waals surface area contributed by atoms with Crippen LogP contribution in [0.25, 0.3) is 0 Å². The summed E-state index contributed by atoms with van der Waals surface area (Å²) in [5, 5.41) is 0. The molecule has 0 spiro atoms.